The van der Waals surface area contributed by atoms with Crippen LogP contribution in [0.15, 0.2) is 65.4 Å². The predicted octanol–water partition coefficient (Wildman–Crippen LogP) is 3.23. The van der Waals surface area contributed by atoms with Crippen molar-refractivity contribution in [2.24, 2.45) is 0 Å². The van der Waals surface area contributed by atoms with Gasteiger partial charge in [0.15, 0.2) is 0 Å². The van der Waals surface area contributed by atoms with Crippen LogP contribution < -0.4 is 5.32 Å². The summed E-state index contributed by atoms with van der Waals surface area (Å²) in [6, 6.07) is 14.0. The molecule has 0 spiro atoms. The third-order valence-electron chi connectivity index (χ3n) is 4.42. The summed E-state index contributed by atoms with van der Waals surface area (Å²) in [5.74, 6) is 0.172. The highest BCUT2D eigenvalue weighted by atomic mass is 16.5. The zero-order valence-electron chi connectivity index (χ0n) is 14.6. The van der Waals surface area contributed by atoms with Crippen molar-refractivity contribution in [3.8, 4) is 0 Å². The van der Waals surface area contributed by atoms with E-state index in [1.54, 1.807) is 59.8 Å². The number of furan rings is 1. The van der Waals surface area contributed by atoms with Crippen molar-refractivity contribution >= 4 is 17.6 Å². The molecular weight excluding hydrogens is 346 g/mol. The van der Waals surface area contributed by atoms with E-state index in [4.69, 9.17) is 9.15 Å². The number of carbonyl (C=O) groups is 2. The predicted molar refractivity (Wildman–Crippen MR) is 97.0 cm³/mol. The number of benzene rings is 1. The summed E-state index contributed by atoms with van der Waals surface area (Å²) in [6.45, 7) is 0.320. The van der Waals surface area contributed by atoms with Crippen LogP contribution in [0.5, 0.6) is 0 Å². The summed E-state index contributed by atoms with van der Waals surface area (Å²) in [5.41, 5.74) is 2.43. The summed E-state index contributed by atoms with van der Waals surface area (Å²) in [6.07, 6.45) is 2.80. The van der Waals surface area contributed by atoms with Gasteiger partial charge in [0.05, 0.1) is 36.7 Å². The van der Waals surface area contributed by atoms with Crippen LogP contribution in [-0.4, -0.2) is 28.9 Å². The van der Waals surface area contributed by atoms with Gasteiger partial charge in [-0.15, -0.1) is 0 Å². The average Bonchev–Trinajstić information content (AvgIpc) is 3.31. The average molecular weight is 363 g/mol. The molecule has 7 heteroatoms. The van der Waals surface area contributed by atoms with Crippen molar-refractivity contribution < 1.29 is 18.7 Å². The zero-order chi connectivity index (χ0) is 18.8. The first kappa shape index (κ1) is 16.8. The second-order valence-corrected chi connectivity index (χ2v) is 6.06. The molecule has 7 nitrogen and oxygen atoms in total. The molecular formula is C20H17N3O4. The van der Waals surface area contributed by atoms with Gasteiger partial charge in [-0.1, -0.05) is 0 Å². The Morgan fingerprint density at radius 3 is 2.74 bits per heavy atom. The standard InChI is InChI=1S/C20H17N3O4/c1-26-20(25)13-6-8-14(9-7-13)22-18-17-16(5-2-10-21-17)19(24)23(18)12-15-4-3-11-27-15/h2-11,18,22H,12H2,1H3/t18-/m1/s1. The number of nitrogens with one attached hydrogen (secondary N) is 1. The Morgan fingerprint density at radius 1 is 1.22 bits per heavy atom. The fourth-order valence-electron chi connectivity index (χ4n) is 3.09. The smallest absolute Gasteiger partial charge is 0.337 e. The van der Waals surface area contributed by atoms with Crippen molar-refractivity contribution in [2.75, 3.05) is 12.4 Å². The third kappa shape index (κ3) is 3.15. The monoisotopic (exact) mass is 363 g/mol. The highest BCUT2D eigenvalue weighted by Gasteiger charge is 2.38. The first-order valence-corrected chi connectivity index (χ1v) is 8.40. The lowest BCUT2D eigenvalue weighted by Gasteiger charge is -2.25. The van der Waals surface area contributed by atoms with E-state index in [9.17, 15) is 9.59 Å². The number of amides is 1. The molecule has 1 aromatic carbocycles. The van der Waals surface area contributed by atoms with Gasteiger partial charge in [0.25, 0.3) is 5.91 Å². The molecule has 2 aromatic heterocycles. The maximum atomic E-state index is 12.8. The molecule has 0 aliphatic carbocycles. The molecule has 0 radical (unpaired) electrons. The SMILES string of the molecule is COC(=O)c1ccc(N[C@H]2c3ncccc3C(=O)N2Cc2ccco2)cc1. The molecule has 3 aromatic rings. The number of ether oxygens (including phenoxy) is 1. The molecule has 4 rings (SSSR count). The van der Waals surface area contributed by atoms with Gasteiger partial charge in [-0.3, -0.25) is 9.78 Å². The third-order valence-corrected chi connectivity index (χ3v) is 4.42. The lowest BCUT2D eigenvalue weighted by Crippen LogP contribution is -2.32. The fourth-order valence-corrected chi connectivity index (χ4v) is 3.09. The van der Waals surface area contributed by atoms with Crippen LogP contribution >= 0.6 is 0 Å². The van der Waals surface area contributed by atoms with Gasteiger partial charge >= 0.3 is 5.97 Å². The number of carbonyl (C=O) groups excluding carboxylic acids is 2. The first-order valence-electron chi connectivity index (χ1n) is 8.40. The number of hydrogen-bond acceptors (Lipinski definition) is 6. The molecule has 136 valence electrons. The second kappa shape index (κ2) is 6.95. The van der Waals surface area contributed by atoms with Crippen molar-refractivity contribution in [3.05, 3.63) is 83.6 Å². The van der Waals surface area contributed by atoms with Crippen LogP contribution in [0.1, 0.15) is 38.3 Å². The molecule has 1 atom stereocenters. The van der Waals surface area contributed by atoms with E-state index in [1.165, 1.54) is 7.11 Å². The molecule has 3 heterocycles. The number of rotatable bonds is 5. The zero-order valence-corrected chi connectivity index (χ0v) is 14.6. The molecule has 0 saturated heterocycles. The van der Waals surface area contributed by atoms with Crippen molar-refractivity contribution in [1.82, 2.24) is 9.88 Å². The molecule has 1 aliphatic heterocycles. The van der Waals surface area contributed by atoms with Gasteiger partial charge in [-0.25, -0.2) is 4.79 Å². The van der Waals surface area contributed by atoms with Gasteiger partial charge in [-0.2, -0.15) is 0 Å². The van der Waals surface area contributed by atoms with E-state index in [1.807, 2.05) is 6.07 Å². The van der Waals surface area contributed by atoms with Gasteiger partial charge in [0.2, 0.25) is 0 Å². The number of methoxy groups -OCH3 is 1. The van der Waals surface area contributed by atoms with Crippen molar-refractivity contribution in [2.45, 2.75) is 12.7 Å². The first-order chi connectivity index (χ1) is 13.2. The van der Waals surface area contributed by atoms with Gasteiger partial charge in [-0.05, 0) is 48.5 Å². The lowest BCUT2D eigenvalue weighted by molar-refractivity contribution is 0.0600. The normalized spacial score (nSPS) is 15.5. The van der Waals surface area contributed by atoms with Crippen LogP contribution in [0.25, 0.3) is 0 Å². The lowest BCUT2D eigenvalue weighted by atomic mass is 10.2. The summed E-state index contributed by atoms with van der Waals surface area (Å²) in [7, 11) is 1.34. The summed E-state index contributed by atoms with van der Waals surface area (Å²) >= 11 is 0. The minimum Gasteiger partial charge on any atom is -0.467 e. The summed E-state index contributed by atoms with van der Waals surface area (Å²) in [4.78, 5) is 30.5. The van der Waals surface area contributed by atoms with Crippen molar-refractivity contribution in [1.29, 1.82) is 0 Å². The molecule has 1 amide bonds. The molecule has 1 N–H and O–H groups in total. The minimum atomic E-state index is -0.442. The molecule has 0 fully saturated rings. The van der Waals surface area contributed by atoms with E-state index in [2.05, 4.69) is 10.3 Å². The fraction of sp³-hybridized carbons (Fsp3) is 0.150. The van der Waals surface area contributed by atoms with Gasteiger partial charge in [0, 0.05) is 11.9 Å². The van der Waals surface area contributed by atoms with E-state index in [-0.39, 0.29) is 5.91 Å². The maximum absolute atomic E-state index is 12.8. The van der Waals surface area contributed by atoms with Crippen LogP contribution in [0.3, 0.4) is 0 Å². The maximum Gasteiger partial charge on any atom is 0.337 e. The number of pyridine rings is 1. The highest BCUT2D eigenvalue weighted by Crippen LogP contribution is 2.34. The largest absolute Gasteiger partial charge is 0.467 e. The summed E-state index contributed by atoms with van der Waals surface area (Å²) in [5, 5.41) is 3.32. The number of aromatic nitrogens is 1. The summed E-state index contributed by atoms with van der Waals surface area (Å²) < 4.78 is 10.1. The van der Waals surface area contributed by atoms with E-state index in [0.29, 0.717) is 29.1 Å². The van der Waals surface area contributed by atoms with Crippen LogP contribution in [0, 0.1) is 0 Å². The number of nitrogens with zero attached hydrogens (tertiary/aromatic N) is 2. The number of esters is 1. The Morgan fingerprint density at radius 2 is 2.04 bits per heavy atom. The second-order valence-electron chi connectivity index (χ2n) is 6.06. The molecule has 0 saturated carbocycles. The Hall–Kier alpha value is -3.61. The topological polar surface area (TPSA) is 84.7 Å². The molecule has 0 bridgehead atoms. The quantitative estimate of drug-likeness (QED) is 0.701. The Kier molecular flexibility index (Phi) is 4.33. The van der Waals surface area contributed by atoms with Crippen LogP contribution in [-0.2, 0) is 11.3 Å². The molecule has 27 heavy (non-hydrogen) atoms. The van der Waals surface area contributed by atoms with Gasteiger partial charge < -0.3 is 19.4 Å². The highest BCUT2D eigenvalue weighted by molar-refractivity contribution is 5.99. The minimum absolute atomic E-state index is 0.113. The van der Waals surface area contributed by atoms with Crippen LogP contribution in [0.2, 0.25) is 0 Å². The number of anilines is 1. The van der Waals surface area contributed by atoms with E-state index in [0.717, 1.165) is 5.69 Å². The van der Waals surface area contributed by atoms with Crippen LogP contribution in [0.4, 0.5) is 5.69 Å². The van der Waals surface area contributed by atoms with Crippen molar-refractivity contribution in [3.63, 3.8) is 0 Å². The number of fused-ring (bicyclic) bond motifs is 1. The molecule has 1 aliphatic rings. The van der Waals surface area contributed by atoms with E-state index < -0.39 is 12.1 Å². The number of hydrogen-bond donors (Lipinski definition) is 1. The Balaban J connectivity index is 1.63. The Labute approximate surface area is 155 Å². The van der Waals surface area contributed by atoms with Gasteiger partial charge in [0.1, 0.15) is 11.9 Å². The Bertz CT molecular complexity index is 967. The molecule has 0 unspecified atom stereocenters. The van der Waals surface area contributed by atoms with E-state index >= 15 is 0 Å².